The van der Waals surface area contributed by atoms with Crippen LogP contribution in [0.2, 0.25) is 0 Å². The van der Waals surface area contributed by atoms with Gasteiger partial charge < -0.3 is 20.7 Å². The van der Waals surface area contributed by atoms with Crippen LogP contribution in [-0.4, -0.2) is 42.3 Å². The number of hydrogen-bond acceptors (Lipinski definition) is 7. The first kappa shape index (κ1) is 27.7. The lowest BCUT2D eigenvalue weighted by atomic mass is 9.93. The molecule has 1 aliphatic rings. The summed E-state index contributed by atoms with van der Waals surface area (Å²) in [5, 5.41) is 2.90. The highest BCUT2D eigenvalue weighted by Gasteiger charge is 2.30. The Balaban J connectivity index is 1.33. The van der Waals surface area contributed by atoms with Crippen molar-refractivity contribution >= 4 is 29.0 Å². The highest BCUT2D eigenvalue weighted by atomic mass is 19.1. The van der Waals surface area contributed by atoms with Crippen LogP contribution < -0.4 is 16.0 Å². The normalized spacial score (nSPS) is 14.4. The molecule has 0 saturated carbocycles. The van der Waals surface area contributed by atoms with E-state index < -0.39 is 5.82 Å². The first-order valence-corrected chi connectivity index (χ1v) is 13.2. The zero-order chi connectivity index (χ0) is 28.9. The second-order valence-corrected chi connectivity index (χ2v) is 9.81. The zero-order valence-electron chi connectivity index (χ0n) is 22.5. The Bertz CT molecular complexity index is 1610. The van der Waals surface area contributed by atoms with Gasteiger partial charge in [0.1, 0.15) is 11.9 Å². The van der Waals surface area contributed by atoms with Crippen molar-refractivity contribution in [2.24, 2.45) is 5.73 Å². The number of anilines is 2. The van der Waals surface area contributed by atoms with Crippen molar-refractivity contribution < 1.29 is 23.5 Å². The number of esters is 1. The molecule has 0 radical (unpaired) electrons. The molecule has 4 aromatic rings. The number of nitrogens with zero attached hydrogens (tertiary/aromatic N) is 2. The number of amides is 1. The van der Waals surface area contributed by atoms with E-state index in [-0.39, 0.29) is 42.2 Å². The summed E-state index contributed by atoms with van der Waals surface area (Å²) < 4.78 is 19.1. The van der Waals surface area contributed by atoms with Crippen LogP contribution in [0, 0.1) is 5.82 Å². The number of benzene rings is 3. The van der Waals surface area contributed by atoms with Crippen LogP contribution >= 0.6 is 0 Å². The third kappa shape index (κ3) is 6.15. The number of carbonyl (C=O) groups is 3. The Kier molecular flexibility index (Phi) is 8.16. The second-order valence-electron chi connectivity index (χ2n) is 9.81. The fraction of sp³-hybridized carbons (Fsp3) is 0.188. The summed E-state index contributed by atoms with van der Waals surface area (Å²) in [4.78, 5) is 43.6. The molecule has 1 aliphatic heterocycles. The zero-order valence-corrected chi connectivity index (χ0v) is 22.5. The molecular formula is C32H29FN4O4. The summed E-state index contributed by atoms with van der Waals surface area (Å²) >= 11 is 0. The van der Waals surface area contributed by atoms with Gasteiger partial charge in [-0.2, -0.15) is 0 Å². The predicted molar refractivity (Wildman–Crippen MR) is 154 cm³/mol. The van der Waals surface area contributed by atoms with Gasteiger partial charge in [-0.1, -0.05) is 24.3 Å². The Morgan fingerprint density at radius 3 is 2.56 bits per heavy atom. The monoisotopic (exact) mass is 552 g/mol. The average molecular weight is 553 g/mol. The molecule has 1 aromatic heterocycles. The lowest BCUT2D eigenvalue weighted by molar-refractivity contribution is -0.139. The maximum Gasteiger partial charge on any atom is 0.328 e. The number of halogens is 1. The minimum absolute atomic E-state index is 0.0997. The van der Waals surface area contributed by atoms with Crippen molar-refractivity contribution in [3.05, 3.63) is 113 Å². The highest BCUT2D eigenvalue weighted by Crippen LogP contribution is 2.28. The largest absolute Gasteiger partial charge is 0.464 e. The van der Waals surface area contributed by atoms with E-state index >= 15 is 0 Å². The maximum atomic E-state index is 14.0. The fourth-order valence-corrected chi connectivity index (χ4v) is 4.85. The van der Waals surface area contributed by atoms with Crippen LogP contribution in [0.4, 0.5) is 15.8 Å². The summed E-state index contributed by atoms with van der Waals surface area (Å²) in [5.74, 6) is -1.31. The third-order valence-corrected chi connectivity index (χ3v) is 7.20. The van der Waals surface area contributed by atoms with Crippen molar-refractivity contribution in [1.29, 1.82) is 0 Å². The van der Waals surface area contributed by atoms with Crippen LogP contribution in [0.15, 0.2) is 85.2 Å². The second kappa shape index (κ2) is 12.1. The lowest BCUT2D eigenvalue weighted by Crippen LogP contribution is -2.35. The summed E-state index contributed by atoms with van der Waals surface area (Å²) in [5.41, 5.74) is 10.8. The number of likely N-dealkylation sites (N-methyl/N-ethyl adjacent to an activating group) is 1. The smallest absolute Gasteiger partial charge is 0.328 e. The van der Waals surface area contributed by atoms with Gasteiger partial charge >= 0.3 is 5.97 Å². The Morgan fingerprint density at radius 1 is 1.05 bits per heavy atom. The Hall–Kier alpha value is -4.89. The van der Waals surface area contributed by atoms with E-state index in [2.05, 4.69) is 10.3 Å². The molecular weight excluding hydrogens is 523 g/mol. The lowest BCUT2D eigenvalue weighted by Gasteiger charge is -2.23. The van der Waals surface area contributed by atoms with Gasteiger partial charge in [0, 0.05) is 55.1 Å². The third-order valence-electron chi connectivity index (χ3n) is 7.20. The average Bonchev–Trinajstić information content (AvgIpc) is 3.43. The number of rotatable bonds is 9. The molecule has 41 heavy (non-hydrogen) atoms. The van der Waals surface area contributed by atoms with Crippen molar-refractivity contribution in [2.45, 2.75) is 25.4 Å². The number of cyclic esters (lactones) is 1. The first-order valence-electron chi connectivity index (χ1n) is 13.2. The van der Waals surface area contributed by atoms with E-state index in [9.17, 15) is 18.8 Å². The number of Topliss-reactive ketones (excluding diaryl/α,β-unsaturated/α-hetero) is 1. The molecule has 1 atom stereocenters. The van der Waals surface area contributed by atoms with E-state index in [1.165, 1.54) is 12.3 Å². The topological polar surface area (TPSA) is 115 Å². The molecule has 5 rings (SSSR count). The van der Waals surface area contributed by atoms with E-state index in [1.807, 2.05) is 30.1 Å². The molecule has 208 valence electrons. The number of hydrogen-bond donors (Lipinski definition) is 2. The number of nitrogens with two attached hydrogens (primary N) is 1. The van der Waals surface area contributed by atoms with Gasteiger partial charge in [0.15, 0.2) is 5.78 Å². The van der Waals surface area contributed by atoms with Crippen LogP contribution in [0.3, 0.4) is 0 Å². The van der Waals surface area contributed by atoms with Crippen LogP contribution in [0.1, 0.15) is 38.3 Å². The number of pyridine rings is 1. The molecule has 3 N–H and O–H groups in total. The van der Waals surface area contributed by atoms with Crippen LogP contribution in [-0.2, 0) is 22.5 Å². The number of aromatic nitrogens is 1. The molecule has 1 fully saturated rings. The van der Waals surface area contributed by atoms with Crippen molar-refractivity contribution in [3.8, 4) is 11.1 Å². The molecule has 1 amide bonds. The predicted octanol–water partition coefficient (Wildman–Crippen LogP) is 4.78. The molecule has 1 unspecified atom stereocenters. The molecule has 1 saturated heterocycles. The van der Waals surface area contributed by atoms with Gasteiger partial charge in [0.2, 0.25) is 0 Å². The molecule has 8 nitrogen and oxygen atoms in total. The molecule has 0 aliphatic carbocycles. The minimum Gasteiger partial charge on any atom is -0.464 e. The molecule has 0 bridgehead atoms. The van der Waals surface area contributed by atoms with Crippen molar-refractivity contribution in [1.82, 2.24) is 4.98 Å². The van der Waals surface area contributed by atoms with Gasteiger partial charge in [-0.05, 0) is 70.8 Å². The van der Waals surface area contributed by atoms with Crippen molar-refractivity contribution in [2.75, 3.05) is 23.9 Å². The molecule has 3 aromatic carbocycles. The molecule has 2 heterocycles. The Morgan fingerprint density at radius 2 is 1.85 bits per heavy atom. The summed E-state index contributed by atoms with van der Waals surface area (Å²) in [6, 6.07) is 20.7. The van der Waals surface area contributed by atoms with Gasteiger partial charge in [0.05, 0.1) is 12.8 Å². The van der Waals surface area contributed by atoms with Crippen molar-refractivity contribution in [3.63, 3.8) is 0 Å². The standard InChI is InChI=1S/C32H29FN4O4/c1-37(29-12-14-41-32(29)40)26-9-7-25(8-10-26)36-31(39)23-4-2-3-20(15-23)27-16-22(5-6-24(27)18-34)30(38)17-21-11-13-35-19-28(21)33/h2-11,13,15-16,19,29H,12,14,17-18,34H2,1H3,(H,36,39). The SMILES string of the molecule is CN(c1ccc(NC(=O)c2cccc(-c3cc(C(=O)Cc4ccncc4F)ccc3CN)c2)cc1)C1CCOC1=O. The van der Waals surface area contributed by atoms with Gasteiger partial charge in [0.25, 0.3) is 5.91 Å². The quantitative estimate of drug-likeness (QED) is 0.227. The maximum absolute atomic E-state index is 14.0. The van der Waals surface area contributed by atoms with E-state index in [4.69, 9.17) is 10.5 Å². The first-order chi connectivity index (χ1) is 19.8. The number of nitrogens with one attached hydrogen (secondary N) is 1. The van der Waals surface area contributed by atoms with E-state index in [0.717, 1.165) is 28.6 Å². The van der Waals surface area contributed by atoms with E-state index in [0.29, 0.717) is 29.8 Å². The van der Waals surface area contributed by atoms with Crippen LogP contribution in [0.5, 0.6) is 0 Å². The van der Waals surface area contributed by atoms with Gasteiger partial charge in [-0.15, -0.1) is 0 Å². The summed E-state index contributed by atoms with van der Waals surface area (Å²) in [6.07, 6.45) is 3.07. The number of ether oxygens (including phenoxy) is 1. The minimum atomic E-state index is -0.529. The van der Waals surface area contributed by atoms with Crippen LogP contribution in [0.25, 0.3) is 11.1 Å². The number of carbonyl (C=O) groups excluding carboxylic acids is 3. The van der Waals surface area contributed by atoms with Gasteiger partial charge in [-0.25, -0.2) is 9.18 Å². The summed E-state index contributed by atoms with van der Waals surface area (Å²) in [6.45, 7) is 0.651. The van der Waals surface area contributed by atoms with Gasteiger partial charge in [-0.3, -0.25) is 14.6 Å². The summed E-state index contributed by atoms with van der Waals surface area (Å²) in [7, 11) is 1.84. The number of ketones is 1. The van der Waals surface area contributed by atoms with E-state index in [1.54, 1.807) is 48.5 Å². The Labute approximate surface area is 237 Å². The molecule has 9 heteroatoms. The fourth-order valence-electron chi connectivity index (χ4n) is 4.85. The highest BCUT2D eigenvalue weighted by molar-refractivity contribution is 6.05. The molecule has 0 spiro atoms.